The number of thiol groups is 1. The smallest absolute Gasteiger partial charge is 0.320 e. The lowest BCUT2D eigenvalue weighted by Gasteiger charge is -2.16. The van der Waals surface area contributed by atoms with Crippen molar-refractivity contribution < 1.29 is 42.5 Å². The lowest BCUT2D eigenvalue weighted by atomic mass is 9.88. The van der Waals surface area contributed by atoms with Gasteiger partial charge in [-0.1, -0.05) is 18.2 Å². The van der Waals surface area contributed by atoms with E-state index in [2.05, 4.69) is 22.9 Å². The van der Waals surface area contributed by atoms with Gasteiger partial charge in [0, 0.05) is 30.5 Å². The zero-order valence-electron chi connectivity index (χ0n) is 26.3. The fraction of sp³-hybridized carbons (Fsp3) is 0.333. The topological polar surface area (TPSA) is 124 Å². The standard InChI is InChI=1S/C36H36F2N2O7S/c1-45-31-20-25-28(21-32(31)46-15-2-13-39-27(10-16-48)35(43)44)40-14-9-29(25)47-30-8-5-23(17-26(30)38)19-34(42)36(11-12-36)33(41)18-22-3-6-24(37)7-4-22/h3-9,14,17,20-21,27,39,48H,2,10-13,15-16,18-19H2,1H3,(H,43,44). The first-order chi connectivity index (χ1) is 23.1. The number of rotatable bonds is 18. The molecule has 5 rings (SSSR count). The van der Waals surface area contributed by atoms with Gasteiger partial charge in [-0.15, -0.1) is 0 Å². The minimum Gasteiger partial charge on any atom is -0.493 e. The lowest BCUT2D eigenvalue weighted by Crippen LogP contribution is -2.38. The van der Waals surface area contributed by atoms with Gasteiger partial charge in [0.15, 0.2) is 34.6 Å². The van der Waals surface area contributed by atoms with Crippen LogP contribution in [0, 0.1) is 17.0 Å². The van der Waals surface area contributed by atoms with Gasteiger partial charge in [0.25, 0.3) is 0 Å². The molecule has 0 aliphatic heterocycles. The summed E-state index contributed by atoms with van der Waals surface area (Å²) < 4.78 is 45.9. The molecule has 9 nitrogen and oxygen atoms in total. The summed E-state index contributed by atoms with van der Waals surface area (Å²) in [5.41, 5.74) is 0.496. The maximum absolute atomic E-state index is 15.3. The van der Waals surface area contributed by atoms with E-state index in [0.29, 0.717) is 83.9 Å². The van der Waals surface area contributed by atoms with Crippen LogP contribution in [0.2, 0.25) is 0 Å². The summed E-state index contributed by atoms with van der Waals surface area (Å²) in [6, 6.07) is 14.2. The van der Waals surface area contributed by atoms with Crippen molar-refractivity contribution in [2.24, 2.45) is 5.41 Å². The third-order valence-corrected chi connectivity index (χ3v) is 8.61. The van der Waals surface area contributed by atoms with Crippen molar-refractivity contribution in [2.75, 3.05) is 26.0 Å². The lowest BCUT2D eigenvalue weighted by molar-refractivity contribution is -0.139. The molecule has 12 heteroatoms. The van der Waals surface area contributed by atoms with Gasteiger partial charge in [-0.2, -0.15) is 12.6 Å². The summed E-state index contributed by atoms with van der Waals surface area (Å²) in [5, 5.41) is 12.8. The molecule has 1 heterocycles. The van der Waals surface area contributed by atoms with Gasteiger partial charge < -0.3 is 24.6 Å². The number of carbonyl (C=O) groups is 3. The Morgan fingerprint density at radius 3 is 2.29 bits per heavy atom. The highest BCUT2D eigenvalue weighted by atomic mass is 32.1. The first-order valence-corrected chi connectivity index (χ1v) is 16.2. The summed E-state index contributed by atoms with van der Waals surface area (Å²) in [4.78, 5) is 41.9. The number of fused-ring (bicyclic) bond motifs is 1. The van der Waals surface area contributed by atoms with Crippen molar-refractivity contribution in [3.8, 4) is 23.0 Å². The fourth-order valence-electron chi connectivity index (χ4n) is 5.47. The number of nitrogens with zero attached hydrogens (tertiary/aromatic N) is 1. The molecule has 48 heavy (non-hydrogen) atoms. The van der Waals surface area contributed by atoms with Crippen molar-refractivity contribution in [2.45, 2.75) is 44.6 Å². The number of carboxylic acids is 1. The SMILES string of the molecule is COc1cc2c(Oc3ccc(CC(=O)C4(C(=O)Cc5ccc(F)cc5)CC4)cc3F)ccnc2cc1OCCCNC(CCS)C(=O)O. The van der Waals surface area contributed by atoms with Gasteiger partial charge in [-0.05, 0) is 85.5 Å². The molecule has 3 aromatic carbocycles. The van der Waals surface area contributed by atoms with Crippen molar-refractivity contribution >= 4 is 41.1 Å². The fourth-order valence-corrected chi connectivity index (χ4v) is 5.73. The van der Waals surface area contributed by atoms with Crippen LogP contribution < -0.4 is 19.5 Å². The number of Topliss-reactive ketones (excluding diaryl/α,β-unsaturated/α-hetero) is 2. The van der Waals surface area contributed by atoms with Gasteiger partial charge >= 0.3 is 5.97 Å². The number of ketones is 2. The number of benzene rings is 3. The van der Waals surface area contributed by atoms with E-state index in [9.17, 15) is 23.9 Å². The van der Waals surface area contributed by atoms with Crippen LogP contribution in [0.3, 0.4) is 0 Å². The van der Waals surface area contributed by atoms with Crippen molar-refractivity contribution in [1.29, 1.82) is 0 Å². The second-order valence-electron chi connectivity index (χ2n) is 11.7. The van der Waals surface area contributed by atoms with Crippen LogP contribution in [0.5, 0.6) is 23.0 Å². The molecule has 1 aromatic heterocycles. The summed E-state index contributed by atoms with van der Waals surface area (Å²) in [7, 11) is 1.49. The summed E-state index contributed by atoms with van der Waals surface area (Å²) in [6.45, 7) is 0.730. The number of aliphatic carboxylic acids is 1. The molecular weight excluding hydrogens is 642 g/mol. The average Bonchev–Trinajstić information content (AvgIpc) is 3.89. The summed E-state index contributed by atoms with van der Waals surface area (Å²) in [5.74, 6) is -0.905. The molecule has 1 fully saturated rings. The van der Waals surface area contributed by atoms with Crippen LogP contribution in [-0.2, 0) is 27.2 Å². The van der Waals surface area contributed by atoms with Crippen molar-refractivity contribution in [1.82, 2.24) is 10.3 Å². The number of carboxylic acid groups (broad SMARTS) is 1. The van der Waals surface area contributed by atoms with E-state index in [1.807, 2.05) is 0 Å². The Morgan fingerprint density at radius 1 is 0.938 bits per heavy atom. The van der Waals surface area contributed by atoms with Gasteiger partial charge in [0.1, 0.15) is 17.6 Å². The van der Waals surface area contributed by atoms with E-state index in [-0.39, 0.29) is 30.2 Å². The third-order valence-electron chi connectivity index (χ3n) is 8.35. The van der Waals surface area contributed by atoms with Gasteiger partial charge in [0.2, 0.25) is 0 Å². The van der Waals surface area contributed by atoms with E-state index >= 15 is 4.39 Å². The summed E-state index contributed by atoms with van der Waals surface area (Å²) >= 11 is 4.10. The molecular formula is C36H36F2N2O7S. The van der Waals surface area contributed by atoms with Crippen molar-refractivity contribution in [3.05, 3.63) is 89.6 Å². The molecule has 1 saturated carbocycles. The minimum atomic E-state index is -1.08. The molecule has 252 valence electrons. The maximum Gasteiger partial charge on any atom is 0.320 e. The average molecular weight is 679 g/mol. The van der Waals surface area contributed by atoms with E-state index in [1.165, 1.54) is 49.7 Å². The van der Waals surface area contributed by atoms with Crippen LogP contribution >= 0.6 is 12.6 Å². The van der Waals surface area contributed by atoms with Crippen LogP contribution in [0.25, 0.3) is 10.9 Å². The van der Waals surface area contributed by atoms with Gasteiger partial charge in [-0.3, -0.25) is 19.4 Å². The summed E-state index contributed by atoms with van der Waals surface area (Å²) in [6.07, 6.45) is 3.30. The Bertz CT molecular complexity index is 1800. The molecule has 1 aliphatic rings. The molecule has 1 aliphatic carbocycles. The normalized spacial score (nSPS) is 13.9. The number of carbonyl (C=O) groups excluding carboxylic acids is 2. The largest absolute Gasteiger partial charge is 0.493 e. The predicted octanol–water partition coefficient (Wildman–Crippen LogP) is 6.15. The predicted molar refractivity (Wildman–Crippen MR) is 178 cm³/mol. The van der Waals surface area contributed by atoms with Gasteiger partial charge in [0.05, 0.1) is 24.6 Å². The molecule has 0 saturated heterocycles. The first kappa shape index (κ1) is 34.8. The van der Waals surface area contributed by atoms with Crippen LogP contribution in [0.4, 0.5) is 8.78 Å². The molecule has 0 amide bonds. The highest BCUT2D eigenvalue weighted by molar-refractivity contribution is 7.80. The molecule has 0 radical (unpaired) electrons. The highest BCUT2D eigenvalue weighted by Gasteiger charge is 2.54. The molecule has 0 spiro atoms. The van der Waals surface area contributed by atoms with Crippen LogP contribution in [0.15, 0.2) is 66.9 Å². The Balaban J connectivity index is 1.22. The number of aromatic nitrogens is 1. The first-order valence-electron chi connectivity index (χ1n) is 15.6. The molecule has 1 unspecified atom stereocenters. The number of methoxy groups -OCH3 is 1. The van der Waals surface area contributed by atoms with E-state index < -0.39 is 29.1 Å². The van der Waals surface area contributed by atoms with Crippen molar-refractivity contribution in [3.63, 3.8) is 0 Å². The second kappa shape index (κ2) is 15.6. The number of halogens is 2. The Hall–Kier alpha value is -4.55. The number of hydrogen-bond donors (Lipinski definition) is 3. The number of nitrogens with one attached hydrogen (secondary N) is 1. The van der Waals surface area contributed by atoms with Crippen LogP contribution in [-0.4, -0.2) is 59.7 Å². The number of hydrogen-bond acceptors (Lipinski definition) is 9. The number of ether oxygens (including phenoxy) is 3. The van der Waals surface area contributed by atoms with Crippen LogP contribution in [0.1, 0.15) is 36.8 Å². The van der Waals surface area contributed by atoms with Gasteiger partial charge in [-0.25, -0.2) is 8.78 Å². The maximum atomic E-state index is 15.3. The quantitative estimate of drug-likeness (QED) is 0.0646. The highest BCUT2D eigenvalue weighted by Crippen LogP contribution is 2.49. The zero-order valence-corrected chi connectivity index (χ0v) is 27.2. The minimum absolute atomic E-state index is 0.0366. The zero-order chi connectivity index (χ0) is 34.3. The molecule has 1 atom stereocenters. The van der Waals surface area contributed by atoms with E-state index in [0.717, 1.165) is 0 Å². The van der Waals surface area contributed by atoms with E-state index in [1.54, 1.807) is 24.3 Å². The Labute approximate surface area is 282 Å². The number of pyridine rings is 1. The Kier molecular flexibility index (Phi) is 11.3. The second-order valence-corrected chi connectivity index (χ2v) is 12.1. The molecule has 2 N–H and O–H groups in total. The van der Waals surface area contributed by atoms with E-state index in [4.69, 9.17) is 14.2 Å². The third kappa shape index (κ3) is 8.29. The molecule has 0 bridgehead atoms. The molecule has 4 aromatic rings. The monoisotopic (exact) mass is 678 g/mol. The Morgan fingerprint density at radius 2 is 1.65 bits per heavy atom.